The first kappa shape index (κ1) is 9.26. The topological polar surface area (TPSA) is 20.2 Å². The number of aliphatic hydroxyl groups is 1. The SMILES string of the molecule is OC1CCC1/C1=C/CCCCCC1. The van der Waals surface area contributed by atoms with Crippen LogP contribution in [0.2, 0.25) is 0 Å². The van der Waals surface area contributed by atoms with Gasteiger partial charge in [0.25, 0.3) is 0 Å². The fraction of sp³-hybridized carbons (Fsp3) is 0.833. The van der Waals surface area contributed by atoms with Crippen LogP contribution >= 0.6 is 0 Å². The van der Waals surface area contributed by atoms with Crippen molar-refractivity contribution in [3.63, 3.8) is 0 Å². The normalized spacial score (nSPS) is 39.6. The Morgan fingerprint density at radius 1 is 1.08 bits per heavy atom. The van der Waals surface area contributed by atoms with Crippen molar-refractivity contribution < 1.29 is 5.11 Å². The third-order valence-corrected chi connectivity index (χ3v) is 3.54. The Balaban J connectivity index is 1.94. The van der Waals surface area contributed by atoms with E-state index in [-0.39, 0.29) is 6.10 Å². The van der Waals surface area contributed by atoms with Gasteiger partial charge in [-0.15, -0.1) is 0 Å². The third kappa shape index (κ3) is 2.14. The van der Waals surface area contributed by atoms with Gasteiger partial charge in [-0.25, -0.2) is 0 Å². The molecule has 0 heterocycles. The Morgan fingerprint density at radius 2 is 1.92 bits per heavy atom. The average molecular weight is 180 g/mol. The van der Waals surface area contributed by atoms with Crippen LogP contribution in [0.15, 0.2) is 11.6 Å². The quantitative estimate of drug-likeness (QED) is 0.615. The van der Waals surface area contributed by atoms with Crippen LogP contribution in [0, 0.1) is 5.92 Å². The maximum atomic E-state index is 9.58. The van der Waals surface area contributed by atoms with Gasteiger partial charge in [0.1, 0.15) is 0 Å². The van der Waals surface area contributed by atoms with E-state index >= 15 is 0 Å². The summed E-state index contributed by atoms with van der Waals surface area (Å²) >= 11 is 0. The van der Waals surface area contributed by atoms with E-state index in [0.29, 0.717) is 5.92 Å². The summed E-state index contributed by atoms with van der Waals surface area (Å²) in [6.07, 6.45) is 12.6. The zero-order valence-electron chi connectivity index (χ0n) is 8.34. The monoisotopic (exact) mass is 180 g/mol. The molecule has 0 bridgehead atoms. The van der Waals surface area contributed by atoms with Crippen molar-refractivity contribution in [2.75, 3.05) is 0 Å². The lowest BCUT2D eigenvalue weighted by atomic mass is 9.74. The zero-order valence-corrected chi connectivity index (χ0v) is 8.34. The van der Waals surface area contributed by atoms with Gasteiger partial charge < -0.3 is 5.11 Å². The van der Waals surface area contributed by atoms with E-state index in [2.05, 4.69) is 6.08 Å². The van der Waals surface area contributed by atoms with Gasteiger partial charge in [0.05, 0.1) is 6.10 Å². The Bertz CT molecular complexity index is 195. The van der Waals surface area contributed by atoms with E-state index in [0.717, 1.165) is 6.42 Å². The van der Waals surface area contributed by atoms with Crippen LogP contribution in [0.25, 0.3) is 0 Å². The largest absolute Gasteiger partial charge is 0.393 e. The van der Waals surface area contributed by atoms with Gasteiger partial charge in [-0.2, -0.15) is 0 Å². The van der Waals surface area contributed by atoms with E-state index < -0.39 is 0 Å². The van der Waals surface area contributed by atoms with Gasteiger partial charge in [0.2, 0.25) is 0 Å². The highest BCUT2D eigenvalue weighted by Crippen LogP contribution is 2.37. The molecule has 2 rings (SSSR count). The molecule has 13 heavy (non-hydrogen) atoms. The fourth-order valence-electron chi connectivity index (χ4n) is 2.47. The number of hydrogen-bond donors (Lipinski definition) is 1. The molecule has 2 atom stereocenters. The minimum atomic E-state index is -0.00863. The first-order valence-corrected chi connectivity index (χ1v) is 5.75. The maximum Gasteiger partial charge on any atom is 0.0605 e. The molecular formula is C12H20O. The molecule has 2 aliphatic rings. The second-order valence-corrected chi connectivity index (χ2v) is 4.48. The Hall–Kier alpha value is -0.300. The van der Waals surface area contributed by atoms with Crippen molar-refractivity contribution in [2.45, 2.75) is 57.5 Å². The minimum Gasteiger partial charge on any atom is -0.393 e. The minimum absolute atomic E-state index is 0.00863. The summed E-state index contributed by atoms with van der Waals surface area (Å²) in [4.78, 5) is 0. The lowest BCUT2D eigenvalue weighted by Gasteiger charge is -2.35. The maximum absolute atomic E-state index is 9.58. The summed E-state index contributed by atoms with van der Waals surface area (Å²) in [7, 11) is 0. The predicted octanol–water partition coefficient (Wildman–Crippen LogP) is 3.04. The molecular weight excluding hydrogens is 160 g/mol. The Labute approximate surface area is 80.8 Å². The number of rotatable bonds is 1. The van der Waals surface area contributed by atoms with Crippen molar-refractivity contribution >= 4 is 0 Å². The molecule has 1 N–H and O–H groups in total. The van der Waals surface area contributed by atoms with E-state index in [1.807, 2.05) is 0 Å². The summed E-state index contributed by atoms with van der Waals surface area (Å²) in [5.74, 6) is 0.540. The second-order valence-electron chi connectivity index (χ2n) is 4.48. The van der Waals surface area contributed by atoms with Crippen molar-refractivity contribution in [3.8, 4) is 0 Å². The number of allylic oxidation sites excluding steroid dienone is 1. The lowest BCUT2D eigenvalue weighted by Crippen LogP contribution is -2.32. The van der Waals surface area contributed by atoms with Crippen molar-refractivity contribution in [1.82, 2.24) is 0 Å². The van der Waals surface area contributed by atoms with Crippen molar-refractivity contribution in [1.29, 1.82) is 0 Å². The van der Waals surface area contributed by atoms with Crippen molar-refractivity contribution in [3.05, 3.63) is 11.6 Å². The molecule has 0 aromatic heterocycles. The molecule has 74 valence electrons. The van der Waals surface area contributed by atoms with Gasteiger partial charge in [0.15, 0.2) is 0 Å². The van der Waals surface area contributed by atoms with Gasteiger partial charge in [-0.3, -0.25) is 0 Å². The molecule has 0 aromatic rings. The van der Waals surface area contributed by atoms with Crippen LogP contribution in [0.1, 0.15) is 51.4 Å². The van der Waals surface area contributed by atoms with Gasteiger partial charge >= 0.3 is 0 Å². The number of aliphatic hydroxyl groups excluding tert-OH is 1. The smallest absolute Gasteiger partial charge is 0.0605 e. The van der Waals surface area contributed by atoms with E-state index in [9.17, 15) is 5.11 Å². The first-order chi connectivity index (χ1) is 6.38. The lowest BCUT2D eigenvalue weighted by molar-refractivity contribution is 0.0418. The molecule has 2 unspecified atom stereocenters. The van der Waals surface area contributed by atoms with E-state index in [1.165, 1.54) is 44.9 Å². The molecule has 0 radical (unpaired) electrons. The van der Waals surface area contributed by atoms with Gasteiger partial charge in [-0.1, -0.05) is 24.5 Å². The summed E-state index contributed by atoms with van der Waals surface area (Å²) < 4.78 is 0. The molecule has 2 aliphatic carbocycles. The predicted molar refractivity (Wildman–Crippen MR) is 54.5 cm³/mol. The second kappa shape index (κ2) is 4.28. The molecule has 1 heteroatoms. The van der Waals surface area contributed by atoms with Crippen LogP contribution in [-0.2, 0) is 0 Å². The van der Waals surface area contributed by atoms with Crippen molar-refractivity contribution in [2.24, 2.45) is 5.92 Å². The first-order valence-electron chi connectivity index (χ1n) is 5.75. The molecule has 0 aromatic carbocycles. The molecule has 0 amide bonds. The van der Waals surface area contributed by atoms with Crippen LogP contribution in [0.3, 0.4) is 0 Å². The molecule has 1 saturated carbocycles. The zero-order chi connectivity index (χ0) is 9.10. The van der Waals surface area contributed by atoms with Crippen LogP contribution in [-0.4, -0.2) is 11.2 Å². The van der Waals surface area contributed by atoms with Gasteiger partial charge in [-0.05, 0) is 38.5 Å². The highest BCUT2D eigenvalue weighted by molar-refractivity contribution is 5.13. The summed E-state index contributed by atoms with van der Waals surface area (Å²) in [5.41, 5.74) is 1.57. The average Bonchev–Trinajstić information content (AvgIpc) is 2.06. The summed E-state index contributed by atoms with van der Waals surface area (Å²) in [6, 6.07) is 0. The molecule has 0 spiro atoms. The van der Waals surface area contributed by atoms with Crippen LogP contribution < -0.4 is 0 Å². The summed E-state index contributed by atoms with van der Waals surface area (Å²) in [5, 5.41) is 9.58. The Morgan fingerprint density at radius 3 is 2.62 bits per heavy atom. The fourth-order valence-corrected chi connectivity index (χ4v) is 2.47. The highest BCUT2D eigenvalue weighted by atomic mass is 16.3. The highest BCUT2D eigenvalue weighted by Gasteiger charge is 2.31. The molecule has 0 saturated heterocycles. The third-order valence-electron chi connectivity index (χ3n) is 3.54. The van der Waals surface area contributed by atoms with Gasteiger partial charge in [0, 0.05) is 5.92 Å². The van der Waals surface area contributed by atoms with Crippen LogP contribution in [0.4, 0.5) is 0 Å². The molecule has 1 fully saturated rings. The Kier molecular flexibility index (Phi) is 3.05. The molecule has 1 nitrogen and oxygen atoms in total. The van der Waals surface area contributed by atoms with E-state index in [4.69, 9.17) is 0 Å². The standard InChI is InChI=1S/C12H20O/c13-12-9-8-11(12)10-6-4-2-1-3-5-7-10/h6,11-13H,1-5,7-9H2/b10-6+. The van der Waals surface area contributed by atoms with Crippen LogP contribution in [0.5, 0.6) is 0 Å². The number of hydrogen-bond acceptors (Lipinski definition) is 1. The summed E-state index contributed by atoms with van der Waals surface area (Å²) in [6.45, 7) is 0. The van der Waals surface area contributed by atoms with E-state index in [1.54, 1.807) is 5.57 Å². The molecule has 0 aliphatic heterocycles.